The van der Waals surface area contributed by atoms with Crippen LogP contribution in [0.3, 0.4) is 0 Å². The topological polar surface area (TPSA) is 326 Å². The number of hydrogen-bond acceptors (Lipinski definition) is 15. The van der Waals surface area contributed by atoms with Crippen LogP contribution in [0.15, 0.2) is 109 Å². The van der Waals surface area contributed by atoms with Crippen molar-refractivity contribution in [3.8, 4) is 11.1 Å². The van der Waals surface area contributed by atoms with Crippen LogP contribution in [0.2, 0.25) is 0 Å². The van der Waals surface area contributed by atoms with E-state index in [4.69, 9.17) is 34.2 Å². The fourth-order valence-electron chi connectivity index (χ4n) is 11.5. The van der Waals surface area contributed by atoms with E-state index in [1.165, 1.54) is 19.1 Å². The average Bonchev–Trinajstić information content (AvgIpc) is 1.94. The summed E-state index contributed by atoms with van der Waals surface area (Å²) in [6.45, 7) is 13.6. The summed E-state index contributed by atoms with van der Waals surface area (Å²) in [5.41, 5.74) is 11.0. The fourth-order valence-corrected chi connectivity index (χ4v) is 11.5. The van der Waals surface area contributed by atoms with Crippen LogP contribution < -0.4 is 43.0 Å². The molecule has 8 amide bonds. The quantitative estimate of drug-likeness (QED) is 0.00809. The molecule has 7 rings (SSSR count). The van der Waals surface area contributed by atoms with Gasteiger partial charge in [-0.2, -0.15) is 0 Å². The highest BCUT2D eigenvalue weighted by Crippen LogP contribution is 2.45. The number of benzene rings is 3. The van der Waals surface area contributed by atoms with Crippen molar-refractivity contribution >= 4 is 53.5 Å². The molecule has 1 aliphatic carbocycles. The van der Waals surface area contributed by atoms with E-state index in [9.17, 15) is 43.5 Å². The van der Waals surface area contributed by atoms with Crippen LogP contribution in [0.4, 0.5) is 20.1 Å². The van der Waals surface area contributed by atoms with Gasteiger partial charge in [0.15, 0.2) is 0 Å². The Balaban J connectivity index is 0.803. The Morgan fingerprint density at radius 1 is 0.789 bits per heavy atom. The smallest absolute Gasteiger partial charge is 0.407 e. The number of urea groups is 1. The molecule has 23 heteroatoms. The van der Waals surface area contributed by atoms with E-state index >= 15 is 0 Å². The monoisotopic (exact) mass is 1250 g/mol. The number of nitrogens with two attached hydrogens (primary N) is 1. The first-order valence-corrected chi connectivity index (χ1v) is 31.2. The van der Waals surface area contributed by atoms with Crippen LogP contribution in [0.5, 0.6) is 0 Å². The second-order valence-electron chi connectivity index (χ2n) is 24.1. The zero-order valence-electron chi connectivity index (χ0n) is 52.6. The number of unbranched alkanes of at least 4 members (excludes halogenated alkanes) is 2. The summed E-state index contributed by atoms with van der Waals surface area (Å²) in [5, 5.41) is 30.7. The normalized spacial score (nSPS) is 22.9. The van der Waals surface area contributed by atoms with Crippen LogP contribution >= 0.6 is 0 Å². The van der Waals surface area contributed by atoms with Gasteiger partial charge >= 0.3 is 24.2 Å². The second kappa shape index (κ2) is 33.6. The number of esters is 1. The molecule has 3 fully saturated rings. The van der Waals surface area contributed by atoms with Gasteiger partial charge in [-0.1, -0.05) is 112 Å². The zero-order valence-corrected chi connectivity index (χ0v) is 52.6. The Bertz CT molecular complexity index is 3010. The lowest BCUT2D eigenvalue weighted by Gasteiger charge is -2.39. The van der Waals surface area contributed by atoms with E-state index in [0.29, 0.717) is 62.9 Å². The summed E-state index contributed by atoms with van der Waals surface area (Å²) >= 11 is 0. The number of aliphatic hydroxyl groups is 1. The number of amides is 8. The number of ether oxygens (including phenoxy) is 6. The summed E-state index contributed by atoms with van der Waals surface area (Å²) in [6, 6.07) is 19.9. The Morgan fingerprint density at radius 2 is 1.47 bits per heavy atom. The summed E-state index contributed by atoms with van der Waals surface area (Å²) in [5.74, 6) is -2.39. The van der Waals surface area contributed by atoms with Crippen molar-refractivity contribution in [3.63, 3.8) is 0 Å². The third-order valence-corrected chi connectivity index (χ3v) is 16.6. The third kappa shape index (κ3) is 21.0. The van der Waals surface area contributed by atoms with Crippen molar-refractivity contribution in [2.24, 2.45) is 17.6 Å². The first-order chi connectivity index (χ1) is 43.1. The number of rotatable bonds is 30. The van der Waals surface area contributed by atoms with Gasteiger partial charge < -0.3 is 76.5 Å². The average molecular weight is 1250 g/mol. The summed E-state index contributed by atoms with van der Waals surface area (Å²) in [6.07, 6.45) is 8.51. The molecule has 0 bridgehead atoms. The standard InChI is InChI=1S/C67H90N8O15/c1-40(2)60(75-58(77)21-9-8-14-32-70-65(83)86-38-53-51-18-12-10-16-49(51)50-17-11-13-19-52(50)53)63(81)74-54(20-15-33-69-64(68)82)62(80)72-47-27-25-46(26-28-47)37-85-66(84)71-36-48-35-67(39-87-67)61(79)57(90-48)30-23-41(3)22-29-56-42(4)34-55(44(6)89-56)73-59(78)31-24-43(5)88-45(7)76/h10-13,16-19,22-28,30-31,40,42-44,48,53-57,60-61,79H,8-9,14-15,20-21,29,32-39H2,1-7H3,(H,70,83)(H,71,84)(H,72,80)(H,73,78)(H,74,81)(H,75,77)(H3,68,69,82)/b30-23+,31-24-,41-22+/t42-,43-,44+,48-,54-,55+,56-,57+,60-,61+,67+/m0/s1. The molecule has 10 N–H and O–H groups in total. The highest BCUT2D eigenvalue weighted by atomic mass is 16.6. The number of primary amides is 1. The van der Waals surface area contributed by atoms with Gasteiger partial charge in [-0.25, -0.2) is 14.4 Å². The van der Waals surface area contributed by atoms with Crippen LogP contribution in [0, 0.1) is 11.8 Å². The summed E-state index contributed by atoms with van der Waals surface area (Å²) in [4.78, 5) is 101. The van der Waals surface area contributed by atoms with E-state index in [1.54, 1.807) is 51.1 Å². The molecule has 0 saturated carbocycles. The molecule has 0 aromatic heterocycles. The lowest BCUT2D eigenvalue weighted by Crippen LogP contribution is -2.54. The number of nitrogens with one attached hydrogen (secondary N) is 7. The number of carbonyl (C=O) groups is 8. The Hall–Kier alpha value is -8.12. The fraction of sp³-hybridized carbons (Fsp3) is 0.522. The number of allylic oxidation sites excluding steroid dienone is 2. The summed E-state index contributed by atoms with van der Waals surface area (Å²) < 4.78 is 34.5. The molecule has 3 saturated heterocycles. The maximum Gasteiger partial charge on any atom is 0.407 e. The van der Waals surface area contributed by atoms with Gasteiger partial charge in [-0.3, -0.25) is 24.0 Å². The lowest BCUT2D eigenvalue weighted by atomic mass is 9.87. The van der Waals surface area contributed by atoms with E-state index in [0.717, 1.165) is 34.2 Å². The number of aliphatic hydroxyl groups excluding tert-OH is 1. The maximum atomic E-state index is 13.8. The van der Waals surface area contributed by atoms with E-state index in [-0.39, 0.29) is 87.0 Å². The predicted molar refractivity (Wildman–Crippen MR) is 336 cm³/mol. The van der Waals surface area contributed by atoms with Crippen molar-refractivity contribution < 1.29 is 71.9 Å². The van der Waals surface area contributed by atoms with Crippen molar-refractivity contribution in [1.29, 1.82) is 0 Å². The lowest BCUT2D eigenvalue weighted by molar-refractivity contribution is -0.143. The molecule has 4 aliphatic rings. The highest BCUT2D eigenvalue weighted by molar-refractivity contribution is 5.98. The zero-order chi connectivity index (χ0) is 64.9. The molecular weight excluding hydrogens is 1160 g/mol. The SMILES string of the molecule is CC(=O)O[C@@H](C)/C=C\C(=O)N[C@@H]1C[C@H](C)[C@H](C/C=C(C)/C=C/[C@H]2O[C@H](CNC(=O)OCc3ccc(NC(=O)[C@H](CCCNC(N)=O)NC(=O)[C@@H](NC(=O)CCCCCNC(=O)OCC4c5ccccc5-c5ccccc54)C(C)C)cc3)C[C@@]3(CO3)[C@@H]2O)O[C@@H]1C. The Labute approximate surface area is 526 Å². The molecule has 90 heavy (non-hydrogen) atoms. The van der Waals surface area contributed by atoms with E-state index in [1.807, 2.05) is 44.2 Å². The van der Waals surface area contributed by atoms with Crippen molar-refractivity contribution in [3.05, 3.63) is 125 Å². The predicted octanol–water partition coefficient (Wildman–Crippen LogP) is 7.01. The minimum atomic E-state index is -1.06. The number of anilines is 1. The largest absolute Gasteiger partial charge is 0.459 e. The van der Waals surface area contributed by atoms with Gasteiger partial charge in [0.05, 0.1) is 31.0 Å². The molecule has 488 valence electrons. The van der Waals surface area contributed by atoms with E-state index in [2.05, 4.69) is 74.5 Å². The molecule has 11 atom stereocenters. The Morgan fingerprint density at radius 3 is 2.13 bits per heavy atom. The van der Waals surface area contributed by atoms with Crippen molar-refractivity contribution in [1.82, 2.24) is 31.9 Å². The van der Waals surface area contributed by atoms with Crippen molar-refractivity contribution in [2.75, 3.05) is 38.2 Å². The van der Waals surface area contributed by atoms with Crippen molar-refractivity contribution in [2.45, 2.75) is 179 Å². The van der Waals surface area contributed by atoms with Gasteiger partial charge in [0.25, 0.3) is 0 Å². The summed E-state index contributed by atoms with van der Waals surface area (Å²) in [7, 11) is 0. The molecule has 3 aromatic rings. The number of alkyl carbamates (subject to hydrolysis) is 2. The number of hydrogen-bond donors (Lipinski definition) is 9. The molecule has 1 spiro atoms. The molecule has 3 aliphatic heterocycles. The minimum absolute atomic E-state index is 0.0468. The van der Waals surface area contributed by atoms with Gasteiger partial charge in [-0.15, -0.1) is 0 Å². The third-order valence-electron chi connectivity index (χ3n) is 16.6. The maximum absolute atomic E-state index is 13.8. The second-order valence-corrected chi connectivity index (χ2v) is 24.1. The van der Waals surface area contributed by atoms with Gasteiger partial charge in [0.1, 0.15) is 49.2 Å². The molecule has 23 nitrogen and oxygen atoms in total. The van der Waals surface area contributed by atoms with Crippen LogP contribution in [-0.4, -0.2) is 146 Å². The number of epoxide rings is 1. The van der Waals surface area contributed by atoms with Crippen LogP contribution in [0.1, 0.15) is 129 Å². The minimum Gasteiger partial charge on any atom is -0.459 e. The van der Waals surface area contributed by atoms with Gasteiger partial charge in [0, 0.05) is 57.1 Å². The molecule has 0 unspecified atom stereocenters. The molecule has 3 aromatic carbocycles. The number of fused-ring (bicyclic) bond motifs is 3. The molecule has 3 heterocycles. The Kier molecular flexibility index (Phi) is 25.9. The number of carbonyl (C=O) groups excluding carboxylic acids is 8. The van der Waals surface area contributed by atoms with Crippen LogP contribution in [0.25, 0.3) is 11.1 Å². The van der Waals surface area contributed by atoms with Gasteiger partial charge in [-0.05, 0) is 117 Å². The first-order valence-electron chi connectivity index (χ1n) is 31.2. The first kappa shape index (κ1) is 69.4. The van der Waals surface area contributed by atoms with Gasteiger partial charge in [0.2, 0.25) is 23.6 Å². The van der Waals surface area contributed by atoms with E-state index < -0.39 is 78.1 Å². The highest BCUT2D eigenvalue weighted by Gasteiger charge is 2.58. The van der Waals surface area contributed by atoms with Crippen LogP contribution in [-0.2, 0) is 59.0 Å². The molecular formula is C67H90N8O15. The molecule has 0 radical (unpaired) electrons.